The zero-order chi connectivity index (χ0) is 24.0. The van der Waals surface area contributed by atoms with Crippen molar-refractivity contribution in [2.24, 2.45) is 0 Å². The summed E-state index contributed by atoms with van der Waals surface area (Å²) in [6, 6.07) is 12.4. The molecular weight excluding hydrogens is 455 g/mol. The molecule has 0 saturated carbocycles. The highest BCUT2D eigenvalue weighted by Crippen LogP contribution is 2.30. The molecule has 9 heteroatoms. The van der Waals surface area contributed by atoms with E-state index in [9.17, 15) is 18.0 Å². The van der Waals surface area contributed by atoms with Gasteiger partial charge in [0.25, 0.3) is 5.91 Å². The van der Waals surface area contributed by atoms with Crippen molar-refractivity contribution in [1.29, 1.82) is 0 Å². The monoisotopic (exact) mass is 479 g/mol. The largest absolute Gasteiger partial charge is 0.447 e. The Morgan fingerprint density at radius 2 is 1.91 bits per heavy atom. The maximum absolute atomic E-state index is 13.2. The summed E-state index contributed by atoms with van der Waals surface area (Å²) in [6.45, 7) is 4.58. The maximum Gasteiger partial charge on any atom is 0.416 e. The Kier molecular flexibility index (Phi) is 8.15. The van der Waals surface area contributed by atoms with E-state index >= 15 is 0 Å². The molecule has 1 atom stereocenters. The maximum atomic E-state index is 13.2. The number of halogens is 4. The Balaban J connectivity index is 1.81. The van der Waals surface area contributed by atoms with Gasteiger partial charge in [-0.3, -0.25) is 9.69 Å². The van der Waals surface area contributed by atoms with E-state index in [1.165, 1.54) is 12.3 Å². The number of nitrogens with zero attached hydrogens (tertiary/aromatic N) is 2. The smallest absolute Gasteiger partial charge is 0.416 e. The molecule has 0 aliphatic heterocycles. The quantitative estimate of drug-likeness (QED) is 0.404. The second-order valence-electron chi connectivity index (χ2n) is 7.84. The molecule has 1 unspecified atom stereocenters. The highest BCUT2D eigenvalue weighted by atomic mass is 35.5. The van der Waals surface area contributed by atoms with Gasteiger partial charge >= 0.3 is 6.18 Å². The van der Waals surface area contributed by atoms with E-state index < -0.39 is 11.7 Å². The fraction of sp³-hybridized carbons (Fsp3) is 0.333. The van der Waals surface area contributed by atoms with Crippen LogP contribution in [0.4, 0.5) is 13.2 Å². The van der Waals surface area contributed by atoms with E-state index in [0.29, 0.717) is 17.1 Å². The van der Waals surface area contributed by atoms with Crippen molar-refractivity contribution in [3.05, 3.63) is 88.1 Å². The van der Waals surface area contributed by atoms with E-state index in [2.05, 4.69) is 10.3 Å². The first-order valence-electron chi connectivity index (χ1n) is 10.5. The van der Waals surface area contributed by atoms with Crippen molar-refractivity contribution in [3.8, 4) is 0 Å². The molecule has 0 spiro atoms. The van der Waals surface area contributed by atoms with Crippen LogP contribution in [0, 0.1) is 0 Å². The standard InChI is InChI=1S/C24H25ClF3N3O2/c1-3-16(2)29-23(32)21-15-33-22(30-21)14-31(13-18-8-4-5-10-20(18)25)12-17-7-6-9-19(11-17)24(26,27)28/h4-11,15-16H,3,12-14H2,1-2H3,(H,29,32). The Morgan fingerprint density at radius 1 is 1.15 bits per heavy atom. The van der Waals surface area contributed by atoms with Crippen molar-refractivity contribution in [2.45, 2.75) is 52.1 Å². The second-order valence-corrected chi connectivity index (χ2v) is 8.25. The van der Waals surface area contributed by atoms with E-state index in [1.807, 2.05) is 30.9 Å². The van der Waals surface area contributed by atoms with Crippen molar-refractivity contribution in [3.63, 3.8) is 0 Å². The molecule has 2 aromatic carbocycles. The molecule has 176 valence electrons. The molecule has 0 saturated heterocycles. The third-order valence-corrected chi connectivity index (χ3v) is 5.51. The lowest BCUT2D eigenvalue weighted by Gasteiger charge is -2.22. The molecule has 0 aliphatic carbocycles. The molecule has 5 nitrogen and oxygen atoms in total. The molecule has 1 N–H and O–H groups in total. The van der Waals surface area contributed by atoms with Gasteiger partial charge < -0.3 is 9.73 Å². The van der Waals surface area contributed by atoms with Gasteiger partial charge in [0.2, 0.25) is 5.89 Å². The number of hydrogen-bond acceptors (Lipinski definition) is 4. The minimum Gasteiger partial charge on any atom is -0.447 e. The SMILES string of the molecule is CCC(C)NC(=O)c1coc(CN(Cc2cccc(C(F)(F)F)c2)Cc2ccccc2Cl)n1. The summed E-state index contributed by atoms with van der Waals surface area (Å²) in [5, 5.41) is 3.37. The van der Waals surface area contributed by atoms with Crippen LogP contribution in [0.3, 0.4) is 0 Å². The van der Waals surface area contributed by atoms with E-state index in [1.54, 1.807) is 18.2 Å². The number of carbonyl (C=O) groups excluding carboxylic acids is 1. The minimum absolute atomic E-state index is 0.00437. The van der Waals surface area contributed by atoms with Gasteiger partial charge in [0.1, 0.15) is 6.26 Å². The average Bonchev–Trinajstić information content (AvgIpc) is 3.23. The fourth-order valence-electron chi connectivity index (χ4n) is 3.22. The van der Waals surface area contributed by atoms with Crippen molar-refractivity contribution in [2.75, 3.05) is 0 Å². The van der Waals surface area contributed by atoms with Crippen LogP contribution in [0.2, 0.25) is 5.02 Å². The van der Waals surface area contributed by atoms with Crippen LogP contribution in [0.25, 0.3) is 0 Å². The van der Waals surface area contributed by atoms with Gasteiger partial charge in [-0.15, -0.1) is 0 Å². The summed E-state index contributed by atoms with van der Waals surface area (Å²) < 4.78 is 44.9. The number of aromatic nitrogens is 1. The molecule has 3 rings (SSSR count). The molecule has 0 fully saturated rings. The Bertz CT molecular complexity index is 1080. The van der Waals surface area contributed by atoms with Crippen LogP contribution in [0.5, 0.6) is 0 Å². The van der Waals surface area contributed by atoms with Crippen LogP contribution in [0.15, 0.2) is 59.2 Å². The first-order chi connectivity index (χ1) is 15.7. The highest BCUT2D eigenvalue weighted by Gasteiger charge is 2.30. The summed E-state index contributed by atoms with van der Waals surface area (Å²) in [7, 11) is 0. The number of carbonyl (C=O) groups is 1. The van der Waals surface area contributed by atoms with Gasteiger partial charge in [0.05, 0.1) is 12.1 Å². The second kappa shape index (κ2) is 10.9. The zero-order valence-corrected chi connectivity index (χ0v) is 19.1. The molecule has 1 amide bonds. The lowest BCUT2D eigenvalue weighted by atomic mass is 10.1. The van der Waals surface area contributed by atoms with Crippen LogP contribution in [-0.2, 0) is 25.8 Å². The van der Waals surface area contributed by atoms with Gasteiger partial charge in [-0.05, 0) is 36.6 Å². The zero-order valence-electron chi connectivity index (χ0n) is 18.3. The van der Waals surface area contributed by atoms with E-state index in [-0.39, 0.29) is 36.6 Å². The number of benzene rings is 2. The Morgan fingerprint density at radius 3 is 2.61 bits per heavy atom. The van der Waals surface area contributed by atoms with Crippen molar-refractivity contribution >= 4 is 17.5 Å². The summed E-state index contributed by atoms with van der Waals surface area (Å²) in [5.41, 5.74) is 0.741. The van der Waals surface area contributed by atoms with Crippen molar-refractivity contribution < 1.29 is 22.4 Å². The first-order valence-corrected chi connectivity index (χ1v) is 10.9. The molecule has 0 aliphatic rings. The molecular formula is C24H25ClF3N3O2. The van der Waals surface area contributed by atoms with Crippen LogP contribution in [0.1, 0.15) is 53.3 Å². The number of alkyl halides is 3. The van der Waals surface area contributed by atoms with Gasteiger partial charge in [-0.2, -0.15) is 13.2 Å². The first kappa shape index (κ1) is 24.8. The van der Waals surface area contributed by atoms with Gasteiger partial charge in [0, 0.05) is 24.2 Å². The normalized spacial score (nSPS) is 12.7. The summed E-state index contributed by atoms with van der Waals surface area (Å²) >= 11 is 6.30. The van der Waals surface area contributed by atoms with E-state index in [0.717, 1.165) is 24.1 Å². The molecule has 0 bridgehead atoms. The molecule has 1 heterocycles. The predicted octanol–water partition coefficient (Wildman–Crippen LogP) is 6.08. The van der Waals surface area contributed by atoms with Crippen LogP contribution in [-0.4, -0.2) is 21.8 Å². The van der Waals surface area contributed by atoms with Gasteiger partial charge in [-0.25, -0.2) is 4.98 Å². The lowest BCUT2D eigenvalue weighted by molar-refractivity contribution is -0.137. The summed E-state index contributed by atoms with van der Waals surface area (Å²) in [5.74, 6) is -0.0572. The Hall–Kier alpha value is -2.84. The molecule has 3 aromatic rings. The lowest BCUT2D eigenvalue weighted by Crippen LogP contribution is -2.32. The predicted molar refractivity (Wildman–Crippen MR) is 120 cm³/mol. The minimum atomic E-state index is -4.43. The number of oxazole rings is 1. The van der Waals surface area contributed by atoms with E-state index in [4.69, 9.17) is 16.0 Å². The summed E-state index contributed by atoms with van der Waals surface area (Å²) in [6.07, 6.45) is -2.37. The van der Waals surface area contributed by atoms with Gasteiger partial charge in [-0.1, -0.05) is 54.9 Å². The summed E-state index contributed by atoms with van der Waals surface area (Å²) in [4.78, 5) is 18.4. The number of nitrogens with one attached hydrogen (secondary N) is 1. The Labute approximate surface area is 195 Å². The highest BCUT2D eigenvalue weighted by molar-refractivity contribution is 6.31. The van der Waals surface area contributed by atoms with Crippen LogP contribution < -0.4 is 5.32 Å². The van der Waals surface area contributed by atoms with Gasteiger partial charge in [0.15, 0.2) is 5.69 Å². The fourth-order valence-corrected chi connectivity index (χ4v) is 3.41. The molecule has 1 aromatic heterocycles. The molecule has 33 heavy (non-hydrogen) atoms. The third-order valence-electron chi connectivity index (χ3n) is 5.15. The topological polar surface area (TPSA) is 58.4 Å². The van der Waals surface area contributed by atoms with Crippen molar-refractivity contribution in [1.82, 2.24) is 15.2 Å². The number of rotatable bonds is 9. The van der Waals surface area contributed by atoms with Crippen LogP contribution >= 0.6 is 11.6 Å². The third kappa shape index (κ3) is 7.07. The number of hydrogen-bond donors (Lipinski definition) is 1. The number of amides is 1. The average molecular weight is 480 g/mol. The molecule has 0 radical (unpaired) electrons.